The van der Waals surface area contributed by atoms with Gasteiger partial charge >= 0.3 is 11.9 Å². The normalized spacial score (nSPS) is 33.3. The Bertz CT molecular complexity index is 304. The lowest BCUT2D eigenvalue weighted by Crippen LogP contribution is -2.38. The quantitative estimate of drug-likeness (QED) is 0.708. The van der Waals surface area contributed by atoms with Gasteiger partial charge in [-0.05, 0) is 19.3 Å². The lowest BCUT2D eigenvalue weighted by molar-refractivity contribution is -0.170. The molecule has 4 heteroatoms. The molecule has 2 fully saturated rings. The van der Waals surface area contributed by atoms with Crippen LogP contribution in [0.4, 0.5) is 0 Å². The minimum absolute atomic E-state index is 0.288. The summed E-state index contributed by atoms with van der Waals surface area (Å²) in [6.07, 6.45) is 4.32. The van der Waals surface area contributed by atoms with Gasteiger partial charge in [0.05, 0.1) is 5.41 Å². The maximum absolute atomic E-state index is 11.8. The van der Waals surface area contributed by atoms with Gasteiger partial charge in [0.1, 0.15) is 0 Å². The summed E-state index contributed by atoms with van der Waals surface area (Å²) < 4.78 is 5.16. The van der Waals surface area contributed by atoms with E-state index in [9.17, 15) is 9.59 Å². The molecule has 1 N–H and O–H groups in total. The zero-order valence-corrected chi connectivity index (χ0v) is 8.91. The predicted molar refractivity (Wildman–Crippen MR) is 52.3 cm³/mol. The number of carbonyl (C=O) groups excluding carboxylic acids is 1. The van der Waals surface area contributed by atoms with E-state index in [1.165, 1.54) is 0 Å². The van der Waals surface area contributed by atoms with Gasteiger partial charge in [-0.1, -0.05) is 19.8 Å². The van der Waals surface area contributed by atoms with Crippen LogP contribution in [0.3, 0.4) is 0 Å². The van der Waals surface area contributed by atoms with Crippen LogP contribution in [0.25, 0.3) is 0 Å². The van der Waals surface area contributed by atoms with Crippen molar-refractivity contribution in [3.05, 3.63) is 0 Å². The topological polar surface area (TPSA) is 63.6 Å². The van der Waals surface area contributed by atoms with Crippen LogP contribution in [0.5, 0.6) is 0 Å². The second-order valence-electron chi connectivity index (χ2n) is 4.71. The number of esters is 1. The van der Waals surface area contributed by atoms with Gasteiger partial charge in [0.2, 0.25) is 5.60 Å². The van der Waals surface area contributed by atoms with Crippen LogP contribution in [0.1, 0.15) is 45.4 Å². The molecule has 84 valence electrons. The molecule has 1 saturated carbocycles. The number of rotatable bonds is 2. The summed E-state index contributed by atoms with van der Waals surface area (Å²) in [5, 5.41) is 9.15. The first-order valence-electron chi connectivity index (χ1n) is 5.51. The van der Waals surface area contributed by atoms with Gasteiger partial charge < -0.3 is 9.84 Å². The Balaban J connectivity index is 2.28. The molecule has 1 saturated heterocycles. The average molecular weight is 212 g/mol. The van der Waals surface area contributed by atoms with Crippen LogP contribution >= 0.6 is 0 Å². The number of hydrogen-bond acceptors (Lipinski definition) is 3. The Hall–Kier alpha value is -1.06. The number of carboxylic acids is 1. The average Bonchev–Trinajstić information content (AvgIpc) is 2.76. The summed E-state index contributed by atoms with van der Waals surface area (Å²) in [5.74, 6) is -1.29. The molecular weight excluding hydrogens is 196 g/mol. The van der Waals surface area contributed by atoms with E-state index in [1.807, 2.05) is 0 Å². The first-order valence-corrected chi connectivity index (χ1v) is 5.51. The number of carboxylic acid groups (broad SMARTS) is 1. The Kier molecular flexibility index (Phi) is 2.24. The van der Waals surface area contributed by atoms with Crippen molar-refractivity contribution in [2.45, 2.75) is 51.0 Å². The fourth-order valence-electron chi connectivity index (χ4n) is 2.84. The SMILES string of the molecule is CCC1(C(=O)O)CC2(CCCC2)C(=O)O1. The molecule has 1 heterocycles. The summed E-state index contributed by atoms with van der Waals surface area (Å²) >= 11 is 0. The van der Waals surface area contributed by atoms with Gasteiger partial charge in [-0.15, -0.1) is 0 Å². The molecule has 0 bridgehead atoms. The fourth-order valence-corrected chi connectivity index (χ4v) is 2.84. The summed E-state index contributed by atoms with van der Waals surface area (Å²) in [4.78, 5) is 23.0. The number of hydrogen-bond donors (Lipinski definition) is 1. The van der Waals surface area contributed by atoms with Gasteiger partial charge in [0, 0.05) is 6.42 Å². The van der Waals surface area contributed by atoms with Gasteiger partial charge in [0.25, 0.3) is 0 Å². The van der Waals surface area contributed by atoms with Crippen LogP contribution < -0.4 is 0 Å². The van der Waals surface area contributed by atoms with E-state index in [-0.39, 0.29) is 5.97 Å². The third-order valence-corrected chi connectivity index (χ3v) is 3.87. The number of carbonyl (C=O) groups is 2. The zero-order valence-electron chi connectivity index (χ0n) is 8.91. The van der Waals surface area contributed by atoms with Crippen molar-refractivity contribution in [2.24, 2.45) is 5.41 Å². The standard InChI is InChI=1S/C11H16O4/c1-2-11(8(12)13)7-10(9(14)15-11)5-3-4-6-10/h2-7H2,1H3,(H,12,13). The monoisotopic (exact) mass is 212 g/mol. The second kappa shape index (κ2) is 3.22. The lowest BCUT2D eigenvalue weighted by atomic mass is 9.78. The Morgan fingerprint density at radius 2 is 2.07 bits per heavy atom. The first kappa shape index (κ1) is 10.5. The molecule has 0 amide bonds. The molecule has 0 aromatic carbocycles. The third kappa shape index (κ3) is 1.34. The molecule has 15 heavy (non-hydrogen) atoms. The Labute approximate surface area is 88.6 Å². The smallest absolute Gasteiger partial charge is 0.348 e. The molecule has 1 atom stereocenters. The summed E-state index contributed by atoms with van der Waals surface area (Å²) in [6, 6.07) is 0. The van der Waals surface area contributed by atoms with Crippen molar-refractivity contribution in [1.29, 1.82) is 0 Å². The fraction of sp³-hybridized carbons (Fsp3) is 0.818. The third-order valence-electron chi connectivity index (χ3n) is 3.87. The minimum Gasteiger partial charge on any atom is -0.478 e. The summed E-state index contributed by atoms with van der Waals surface area (Å²) in [7, 11) is 0. The largest absolute Gasteiger partial charge is 0.478 e. The lowest BCUT2D eigenvalue weighted by Gasteiger charge is -2.21. The van der Waals surface area contributed by atoms with Crippen molar-refractivity contribution in [3.63, 3.8) is 0 Å². The van der Waals surface area contributed by atoms with Crippen LogP contribution in [0.15, 0.2) is 0 Å². The second-order valence-corrected chi connectivity index (χ2v) is 4.71. The zero-order chi connectivity index (χ0) is 11.1. The van der Waals surface area contributed by atoms with E-state index in [2.05, 4.69) is 0 Å². The van der Waals surface area contributed by atoms with Gasteiger partial charge in [-0.2, -0.15) is 0 Å². The van der Waals surface area contributed by atoms with Crippen LogP contribution in [-0.4, -0.2) is 22.6 Å². The number of ether oxygens (including phenoxy) is 1. The highest BCUT2D eigenvalue weighted by molar-refractivity contribution is 5.89. The number of aliphatic carboxylic acids is 1. The first-order chi connectivity index (χ1) is 7.05. The summed E-state index contributed by atoms with van der Waals surface area (Å²) in [5.41, 5.74) is -1.73. The molecule has 4 nitrogen and oxygen atoms in total. The molecular formula is C11H16O4. The molecule has 0 aromatic rings. The highest BCUT2D eigenvalue weighted by Crippen LogP contribution is 2.52. The molecule has 1 aliphatic heterocycles. The predicted octanol–water partition coefficient (Wildman–Crippen LogP) is 1.73. The van der Waals surface area contributed by atoms with E-state index in [4.69, 9.17) is 9.84 Å². The van der Waals surface area contributed by atoms with Gasteiger partial charge in [0.15, 0.2) is 0 Å². The number of cyclic esters (lactones) is 1. The maximum Gasteiger partial charge on any atom is 0.348 e. The van der Waals surface area contributed by atoms with Crippen molar-refractivity contribution in [3.8, 4) is 0 Å². The highest BCUT2D eigenvalue weighted by Gasteiger charge is 2.60. The van der Waals surface area contributed by atoms with Crippen LogP contribution in [-0.2, 0) is 14.3 Å². The highest BCUT2D eigenvalue weighted by atomic mass is 16.6. The van der Waals surface area contributed by atoms with E-state index in [0.29, 0.717) is 12.8 Å². The summed E-state index contributed by atoms with van der Waals surface area (Å²) in [6.45, 7) is 1.76. The van der Waals surface area contributed by atoms with Crippen LogP contribution in [0, 0.1) is 5.41 Å². The van der Waals surface area contributed by atoms with Crippen molar-refractivity contribution >= 4 is 11.9 Å². The Morgan fingerprint density at radius 1 is 1.47 bits per heavy atom. The molecule has 2 rings (SSSR count). The Morgan fingerprint density at radius 3 is 2.47 bits per heavy atom. The minimum atomic E-state index is -1.25. The van der Waals surface area contributed by atoms with E-state index in [0.717, 1.165) is 25.7 Å². The molecule has 2 aliphatic rings. The molecule has 0 aromatic heterocycles. The van der Waals surface area contributed by atoms with Gasteiger partial charge in [-0.25, -0.2) is 4.79 Å². The maximum atomic E-state index is 11.8. The van der Waals surface area contributed by atoms with E-state index >= 15 is 0 Å². The molecule has 1 unspecified atom stereocenters. The van der Waals surface area contributed by atoms with Crippen molar-refractivity contribution in [1.82, 2.24) is 0 Å². The van der Waals surface area contributed by atoms with Crippen molar-refractivity contribution < 1.29 is 19.4 Å². The van der Waals surface area contributed by atoms with Crippen LogP contribution in [0.2, 0.25) is 0 Å². The molecule has 1 aliphatic carbocycles. The molecule has 0 radical (unpaired) electrons. The van der Waals surface area contributed by atoms with Gasteiger partial charge in [-0.3, -0.25) is 4.79 Å². The van der Waals surface area contributed by atoms with E-state index in [1.54, 1.807) is 6.92 Å². The van der Waals surface area contributed by atoms with E-state index < -0.39 is 17.0 Å². The molecule has 1 spiro atoms. The van der Waals surface area contributed by atoms with Crippen molar-refractivity contribution in [2.75, 3.05) is 0 Å².